The molecule has 0 amide bonds. The number of carbonyl (C=O) groups excluding carboxylic acids is 1. The molecular weight excluding hydrogens is 491 g/mol. The molecule has 0 saturated heterocycles. The first-order valence-electron chi connectivity index (χ1n) is 13.3. The van der Waals surface area contributed by atoms with Gasteiger partial charge in [0.2, 0.25) is 5.79 Å². The van der Waals surface area contributed by atoms with E-state index >= 15 is 0 Å². The predicted octanol–water partition coefficient (Wildman–Crippen LogP) is 7.17. The maximum Gasteiger partial charge on any atom is 0.475 e. The summed E-state index contributed by atoms with van der Waals surface area (Å²) >= 11 is 0. The third kappa shape index (κ3) is 8.19. The van der Waals surface area contributed by atoms with Crippen LogP contribution in [0.15, 0.2) is 58.2 Å². The summed E-state index contributed by atoms with van der Waals surface area (Å²) in [4.78, 5) is 12.6. The molecule has 0 aromatic rings. The Bertz CT molecular complexity index is 1040. The van der Waals surface area contributed by atoms with E-state index in [1.54, 1.807) is 13.8 Å². The first-order valence-corrected chi connectivity index (χ1v) is 14.8. The number of ether oxygens (including phenoxy) is 2. The van der Waals surface area contributed by atoms with E-state index in [4.69, 9.17) is 23.0 Å². The van der Waals surface area contributed by atoms with E-state index < -0.39 is 13.6 Å². The van der Waals surface area contributed by atoms with E-state index in [2.05, 4.69) is 39.8 Å². The SMILES string of the molecule is CCOP(=O)(OCC)OCC1=C[C@]2(C=C(C)C[C@@H](C=C(C)CCC=C(C)C)O2)O[C@@H]2C=C(C)C(=O)C[C@H]12. The largest absolute Gasteiger partial charge is 0.475 e. The maximum absolute atomic E-state index is 13.0. The van der Waals surface area contributed by atoms with Crippen LogP contribution in [0.3, 0.4) is 0 Å². The zero-order valence-corrected chi connectivity index (χ0v) is 24.3. The highest BCUT2D eigenvalue weighted by Gasteiger charge is 2.46. The monoisotopic (exact) mass is 534 g/mol. The van der Waals surface area contributed by atoms with E-state index in [1.165, 1.54) is 11.1 Å². The topological polar surface area (TPSA) is 80.3 Å². The zero-order valence-electron chi connectivity index (χ0n) is 23.4. The smallest absolute Gasteiger partial charge is 0.335 e. The molecule has 4 atom stereocenters. The predicted molar refractivity (Wildman–Crippen MR) is 145 cm³/mol. The third-order valence-corrected chi connectivity index (χ3v) is 8.27. The lowest BCUT2D eigenvalue weighted by Crippen LogP contribution is -2.49. The molecule has 2 heterocycles. The van der Waals surface area contributed by atoms with Gasteiger partial charge in [0.05, 0.1) is 32.0 Å². The van der Waals surface area contributed by atoms with Gasteiger partial charge in [-0.2, -0.15) is 0 Å². The van der Waals surface area contributed by atoms with Crippen molar-refractivity contribution in [3.05, 3.63) is 58.2 Å². The lowest BCUT2D eigenvalue weighted by molar-refractivity contribution is -0.224. The molecule has 0 aromatic heterocycles. The summed E-state index contributed by atoms with van der Waals surface area (Å²) in [6.45, 7) is 14.1. The van der Waals surface area contributed by atoms with Crippen molar-refractivity contribution in [1.82, 2.24) is 0 Å². The van der Waals surface area contributed by atoms with Crippen molar-refractivity contribution in [1.29, 1.82) is 0 Å². The van der Waals surface area contributed by atoms with E-state index in [-0.39, 0.29) is 43.7 Å². The second-order valence-corrected chi connectivity index (χ2v) is 12.0. The summed E-state index contributed by atoms with van der Waals surface area (Å²) in [6.07, 6.45) is 12.7. The highest BCUT2D eigenvalue weighted by atomic mass is 31.2. The summed E-state index contributed by atoms with van der Waals surface area (Å²) in [7, 11) is -3.73. The molecule has 37 heavy (non-hydrogen) atoms. The second-order valence-electron chi connectivity index (χ2n) is 10.3. The van der Waals surface area contributed by atoms with Crippen LogP contribution in [0.25, 0.3) is 0 Å². The second kappa shape index (κ2) is 13.0. The summed E-state index contributed by atoms with van der Waals surface area (Å²) in [5.74, 6) is -1.28. The highest BCUT2D eigenvalue weighted by Crippen LogP contribution is 2.51. The van der Waals surface area contributed by atoms with E-state index in [0.717, 1.165) is 30.4 Å². The lowest BCUT2D eigenvalue weighted by atomic mass is 9.79. The Balaban J connectivity index is 1.90. The van der Waals surface area contributed by atoms with Crippen LogP contribution in [0.4, 0.5) is 0 Å². The van der Waals surface area contributed by atoms with Crippen molar-refractivity contribution in [3.63, 3.8) is 0 Å². The first-order chi connectivity index (χ1) is 17.5. The van der Waals surface area contributed by atoms with E-state index in [1.807, 2.05) is 25.2 Å². The molecule has 0 N–H and O–H groups in total. The Morgan fingerprint density at radius 3 is 2.43 bits per heavy atom. The van der Waals surface area contributed by atoms with Crippen molar-refractivity contribution < 1.29 is 32.4 Å². The van der Waals surface area contributed by atoms with Crippen molar-refractivity contribution in [2.45, 2.75) is 92.1 Å². The minimum absolute atomic E-state index is 0.0117. The van der Waals surface area contributed by atoms with Gasteiger partial charge in [-0.1, -0.05) is 28.9 Å². The quantitative estimate of drug-likeness (QED) is 0.205. The number of allylic oxidation sites excluding steroid dienone is 4. The summed E-state index contributed by atoms with van der Waals surface area (Å²) in [6, 6.07) is 0. The molecule has 206 valence electrons. The molecule has 0 aromatic carbocycles. The van der Waals surface area contributed by atoms with Gasteiger partial charge in [0, 0.05) is 12.3 Å². The third-order valence-electron chi connectivity index (χ3n) is 6.67. The van der Waals surface area contributed by atoms with Gasteiger partial charge in [0.25, 0.3) is 0 Å². The van der Waals surface area contributed by atoms with Crippen LogP contribution in [0.1, 0.15) is 74.1 Å². The van der Waals surface area contributed by atoms with Crippen LogP contribution < -0.4 is 0 Å². The Kier molecular flexibility index (Phi) is 10.5. The van der Waals surface area contributed by atoms with Crippen LogP contribution in [-0.2, 0) is 32.4 Å². The molecule has 7 nitrogen and oxygen atoms in total. The van der Waals surface area contributed by atoms with Crippen LogP contribution in [0.5, 0.6) is 0 Å². The van der Waals surface area contributed by atoms with Crippen LogP contribution in [0, 0.1) is 5.92 Å². The fourth-order valence-electron chi connectivity index (χ4n) is 4.98. The van der Waals surface area contributed by atoms with Crippen LogP contribution in [-0.4, -0.2) is 43.6 Å². The standard InChI is InChI=1S/C29H43O7P/c1-8-32-37(31,33-9-2)34-19-24-18-29(36-28-15-23(7)27(30)16-26(24)28)17-22(6)14-25(35-29)13-21(5)12-10-11-20(3)4/h11,13,15,17-18,25-26,28H,8-10,12,14,16,19H2,1-7H3/t25-,26-,28-,29+/m1/s1. The molecule has 0 fully saturated rings. The number of phosphoric ester groups is 1. The number of rotatable bonds is 11. The van der Waals surface area contributed by atoms with Gasteiger partial charge >= 0.3 is 7.82 Å². The molecule has 0 radical (unpaired) electrons. The molecule has 1 spiro atoms. The van der Waals surface area contributed by atoms with Crippen molar-refractivity contribution >= 4 is 13.6 Å². The van der Waals surface area contributed by atoms with Crippen LogP contribution in [0.2, 0.25) is 0 Å². The van der Waals surface area contributed by atoms with Crippen molar-refractivity contribution in [2.24, 2.45) is 5.92 Å². The Morgan fingerprint density at radius 1 is 1.08 bits per heavy atom. The minimum Gasteiger partial charge on any atom is -0.335 e. The summed E-state index contributed by atoms with van der Waals surface area (Å²) in [5.41, 5.74) is 5.21. The van der Waals surface area contributed by atoms with Crippen LogP contribution >= 0.6 is 7.82 Å². The molecule has 8 heteroatoms. The van der Waals surface area contributed by atoms with Gasteiger partial charge in [0.15, 0.2) is 5.78 Å². The van der Waals surface area contributed by atoms with E-state index in [0.29, 0.717) is 12.0 Å². The molecular formula is C29H43O7P. The van der Waals surface area contributed by atoms with Gasteiger partial charge in [-0.05, 0) is 97.1 Å². The van der Waals surface area contributed by atoms with Gasteiger partial charge in [0.1, 0.15) is 0 Å². The van der Waals surface area contributed by atoms with Gasteiger partial charge in [-0.15, -0.1) is 0 Å². The molecule has 0 unspecified atom stereocenters. The van der Waals surface area contributed by atoms with Crippen molar-refractivity contribution in [3.8, 4) is 0 Å². The minimum atomic E-state index is -3.73. The Labute approximate surface area is 222 Å². The lowest BCUT2D eigenvalue weighted by Gasteiger charge is -2.45. The molecule has 3 aliphatic rings. The molecule has 0 saturated carbocycles. The molecule has 2 aliphatic heterocycles. The summed E-state index contributed by atoms with van der Waals surface area (Å²) in [5, 5.41) is 0. The molecule has 0 bridgehead atoms. The summed E-state index contributed by atoms with van der Waals surface area (Å²) < 4.78 is 42.5. The highest BCUT2D eigenvalue weighted by molar-refractivity contribution is 7.48. The number of hydrogen-bond acceptors (Lipinski definition) is 7. The fourth-order valence-corrected chi connectivity index (χ4v) is 6.15. The fraction of sp³-hybridized carbons (Fsp3) is 0.621. The average Bonchev–Trinajstić information content (AvgIpc) is 2.78. The average molecular weight is 535 g/mol. The molecule has 3 rings (SSSR count). The molecule has 1 aliphatic carbocycles. The van der Waals surface area contributed by atoms with Gasteiger partial charge in [-0.3, -0.25) is 18.4 Å². The first kappa shape index (κ1) is 29.9. The zero-order chi connectivity index (χ0) is 27.2. The Hall–Kier alpha value is -1.60. The number of hydrogen-bond donors (Lipinski definition) is 0. The number of ketones is 1. The van der Waals surface area contributed by atoms with Gasteiger partial charge in [-0.25, -0.2) is 4.57 Å². The number of carbonyl (C=O) groups is 1. The number of fused-ring (bicyclic) bond motifs is 1. The van der Waals surface area contributed by atoms with Crippen molar-refractivity contribution in [2.75, 3.05) is 19.8 Å². The number of phosphoric acid groups is 1. The van der Waals surface area contributed by atoms with E-state index in [9.17, 15) is 9.36 Å². The normalized spacial score (nSPS) is 28.4. The number of Topliss-reactive ketones (excluding diaryl/α,β-unsaturated/α-hetero) is 1. The van der Waals surface area contributed by atoms with Gasteiger partial charge < -0.3 is 9.47 Å². The Morgan fingerprint density at radius 2 is 1.78 bits per heavy atom. The maximum atomic E-state index is 13.0.